The van der Waals surface area contributed by atoms with Crippen LogP contribution in [0.25, 0.3) is 0 Å². The Morgan fingerprint density at radius 2 is 1.89 bits per heavy atom. The molecule has 0 bridgehead atoms. The lowest BCUT2D eigenvalue weighted by atomic mass is 10.0. The second-order valence-electron chi connectivity index (χ2n) is 4.78. The number of rotatable bonds is 5. The molecule has 1 unspecified atom stereocenters. The Hall–Kier alpha value is -1.88. The van der Waals surface area contributed by atoms with Crippen LogP contribution in [0.15, 0.2) is 18.2 Å². The van der Waals surface area contributed by atoms with Gasteiger partial charge < -0.3 is 10.4 Å². The molecule has 1 amide bonds. The molecule has 0 aromatic heterocycles. The van der Waals surface area contributed by atoms with Gasteiger partial charge >= 0.3 is 5.97 Å². The molecule has 1 aromatic rings. The van der Waals surface area contributed by atoms with E-state index >= 15 is 0 Å². The van der Waals surface area contributed by atoms with Crippen molar-refractivity contribution in [3.63, 3.8) is 0 Å². The summed E-state index contributed by atoms with van der Waals surface area (Å²) in [4.78, 5) is 22.8. The highest BCUT2D eigenvalue weighted by Crippen LogP contribution is 2.22. The van der Waals surface area contributed by atoms with Gasteiger partial charge in [0.15, 0.2) is 6.04 Å². The molecule has 0 aliphatic rings. The van der Waals surface area contributed by atoms with Crippen LogP contribution in [0.5, 0.6) is 0 Å². The normalized spacial score (nSPS) is 12.3. The van der Waals surface area contributed by atoms with Crippen LogP contribution in [0.3, 0.4) is 0 Å². The van der Waals surface area contributed by atoms with Crippen LogP contribution in [0.4, 0.5) is 5.69 Å². The summed E-state index contributed by atoms with van der Waals surface area (Å²) in [6.45, 7) is 5.99. The molecule has 5 nitrogen and oxygen atoms in total. The van der Waals surface area contributed by atoms with Crippen molar-refractivity contribution in [2.75, 3.05) is 12.4 Å². The molecule has 0 radical (unpaired) electrons. The maximum Gasteiger partial charge on any atom is 0.330 e. The summed E-state index contributed by atoms with van der Waals surface area (Å²) in [5.41, 5.74) is 2.65. The average molecular weight is 264 g/mol. The lowest BCUT2D eigenvalue weighted by molar-refractivity contribution is -0.142. The van der Waals surface area contributed by atoms with Gasteiger partial charge in [-0.1, -0.05) is 26.0 Å². The van der Waals surface area contributed by atoms with Crippen LogP contribution >= 0.6 is 0 Å². The molecule has 5 heteroatoms. The summed E-state index contributed by atoms with van der Waals surface area (Å²) >= 11 is 0. The molecule has 19 heavy (non-hydrogen) atoms. The highest BCUT2D eigenvalue weighted by Gasteiger charge is 2.24. The fraction of sp³-hybridized carbons (Fsp3) is 0.429. The number of benzene rings is 1. The van der Waals surface area contributed by atoms with E-state index in [0.29, 0.717) is 11.6 Å². The standard InChI is InChI=1S/C14H20N2O3/c1-8(2)10-6-5-9(3)11(7-10)16-13(17)12(15-4)14(18)19/h5-8,12,15H,1-4H3,(H,16,17)(H,18,19). The van der Waals surface area contributed by atoms with Crippen LogP contribution in [0, 0.1) is 6.92 Å². The molecule has 0 fully saturated rings. The number of aliphatic carboxylic acids is 1. The van der Waals surface area contributed by atoms with Gasteiger partial charge in [0, 0.05) is 5.69 Å². The van der Waals surface area contributed by atoms with Crippen molar-refractivity contribution < 1.29 is 14.7 Å². The first-order valence-electron chi connectivity index (χ1n) is 6.18. The zero-order valence-corrected chi connectivity index (χ0v) is 11.7. The van der Waals surface area contributed by atoms with Crippen molar-refractivity contribution in [1.29, 1.82) is 0 Å². The molecule has 0 aliphatic heterocycles. The number of hydrogen-bond acceptors (Lipinski definition) is 3. The molecule has 3 N–H and O–H groups in total. The first-order valence-corrected chi connectivity index (χ1v) is 6.18. The zero-order valence-electron chi connectivity index (χ0n) is 11.7. The van der Waals surface area contributed by atoms with Crippen LogP contribution < -0.4 is 10.6 Å². The van der Waals surface area contributed by atoms with Gasteiger partial charge in [0.2, 0.25) is 0 Å². The molecule has 1 atom stereocenters. The number of carbonyl (C=O) groups excluding carboxylic acids is 1. The minimum Gasteiger partial charge on any atom is -0.480 e. The fourth-order valence-corrected chi connectivity index (χ4v) is 1.71. The molecule has 0 saturated heterocycles. The SMILES string of the molecule is CNC(C(=O)O)C(=O)Nc1cc(C(C)C)ccc1C. The van der Waals surface area contributed by atoms with Gasteiger partial charge in [0.05, 0.1) is 0 Å². The molecular formula is C14H20N2O3. The Labute approximate surface area is 113 Å². The number of aryl methyl sites for hydroxylation is 1. The maximum atomic E-state index is 11.9. The number of anilines is 1. The van der Waals surface area contributed by atoms with Crippen molar-refractivity contribution in [1.82, 2.24) is 5.32 Å². The number of carboxylic acids is 1. The van der Waals surface area contributed by atoms with Crippen LogP contribution in [0.2, 0.25) is 0 Å². The van der Waals surface area contributed by atoms with E-state index in [9.17, 15) is 9.59 Å². The van der Waals surface area contributed by atoms with E-state index in [-0.39, 0.29) is 0 Å². The molecule has 0 spiro atoms. The summed E-state index contributed by atoms with van der Waals surface area (Å²) in [5.74, 6) is -1.42. The Kier molecular flexibility index (Phi) is 5.06. The summed E-state index contributed by atoms with van der Waals surface area (Å²) < 4.78 is 0. The highest BCUT2D eigenvalue weighted by atomic mass is 16.4. The molecule has 104 valence electrons. The van der Waals surface area contributed by atoms with Gasteiger partial charge in [-0.15, -0.1) is 0 Å². The second kappa shape index (κ2) is 6.33. The third-order valence-electron chi connectivity index (χ3n) is 2.98. The summed E-state index contributed by atoms with van der Waals surface area (Å²) in [6, 6.07) is 4.55. The first kappa shape index (κ1) is 15.2. The van der Waals surface area contributed by atoms with E-state index in [4.69, 9.17) is 5.11 Å². The summed E-state index contributed by atoms with van der Waals surface area (Å²) in [7, 11) is 1.44. The van der Waals surface area contributed by atoms with E-state index in [1.165, 1.54) is 7.05 Å². The summed E-state index contributed by atoms with van der Waals surface area (Å²) in [5, 5.41) is 14.0. The van der Waals surface area contributed by atoms with Gasteiger partial charge in [-0.3, -0.25) is 10.1 Å². The number of amides is 1. The van der Waals surface area contributed by atoms with E-state index in [1.54, 1.807) is 0 Å². The lowest BCUT2D eigenvalue weighted by Crippen LogP contribution is -2.44. The number of hydrogen-bond donors (Lipinski definition) is 3. The van der Waals surface area contributed by atoms with E-state index in [0.717, 1.165) is 11.1 Å². The van der Waals surface area contributed by atoms with Crippen molar-refractivity contribution >= 4 is 17.6 Å². The quantitative estimate of drug-likeness (QED) is 0.708. The Balaban J connectivity index is 2.95. The van der Waals surface area contributed by atoms with Crippen molar-refractivity contribution in [2.24, 2.45) is 0 Å². The highest BCUT2D eigenvalue weighted by molar-refractivity contribution is 6.08. The number of carbonyl (C=O) groups is 2. The minimum absolute atomic E-state index is 0.343. The number of carboxylic acid groups (broad SMARTS) is 1. The monoisotopic (exact) mass is 264 g/mol. The van der Waals surface area contributed by atoms with E-state index < -0.39 is 17.9 Å². The molecule has 0 saturated carbocycles. The molecule has 0 heterocycles. The Morgan fingerprint density at radius 3 is 2.37 bits per heavy atom. The minimum atomic E-state index is -1.25. The maximum absolute atomic E-state index is 11.9. The lowest BCUT2D eigenvalue weighted by Gasteiger charge is -2.15. The van der Waals surface area contributed by atoms with Gasteiger partial charge in [-0.2, -0.15) is 0 Å². The third-order valence-corrected chi connectivity index (χ3v) is 2.98. The molecular weight excluding hydrogens is 244 g/mol. The molecule has 0 aliphatic carbocycles. The van der Waals surface area contributed by atoms with Crippen molar-refractivity contribution in [3.8, 4) is 0 Å². The second-order valence-corrected chi connectivity index (χ2v) is 4.78. The van der Waals surface area contributed by atoms with Crippen LogP contribution in [-0.2, 0) is 9.59 Å². The van der Waals surface area contributed by atoms with Gasteiger partial charge in [-0.05, 0) is 37.1 Å². The van der Waals surface area contributed by atoms with Gasteiger partial charge in [0.1, 0.15) is 0 Å². The predicted molar refractivity (Wildman–Crippen MR) is 74.4 cm³/mol. The zero-order chi connectivity index (χ0) is 14.6. The van der Waals surface area contributed by atoms with Crippen LogP contribution in [-0.4, -0.2) is 30.1 Å². The summed E-state index contributed by atoms with van der Waals surface area (Å²) in [6.07, 6.45) is 0. The Morgan fingerprint density at radius 1 is 1.26 bits per heavy atom. The van der Waals surface area contributed by atoms with Gasteiger partial charge in [-0.25, -0.2) is 4.79 Å². The topological polar surface area (TPSA) is 78.4 Å². The van der Waals surface area contributed by atoms with E-state index in [1.807, 2.05) is 25.1 Å². The Bertz CT molecular complexity index is 484. The number of likely N-dealkylation sites (N-methyl/N-ethyl adjacent to an activating group) is 1. The van der Waals surface area contributed by atoms with E-state index in [2.05, 4.69) is 24.5 Å². The first-order chi connectivity index (χ1) is 8.86. The van der Waals surface area contributed by atoms with Crippen LogP contribution in [0.1, 0.15) is 30.9 Å². The smallest absolute Gasteiger partial charge is 0.330 e. The molecule has 1 aromatic carbocycles. The van der Waals surface area contributed by atoms with Gasteiger partial charge in [0.25, 0.3) is 5.91 Å². The van der Waals surface area contributed by atoms with Crippen molar-refractivity contribution in [3.05, 3.63) is 29.3 Å². The number of nitrogens with one attached hydrogen (secondary N) is 2. The largest absolute Gasteiger partial charge is 0.480 e. The third kappa shape index (κ3) is 3.79. The predicted octanol–water partition coefficient (Wildman–Crippen LogP) is 1.73. The average Bonchev–Trinajstić information content (AvgIpc) is 2.31. The van der Waals surface area contributed by atoms with Crippen molar-refractivity contribution in [2.45, 2.75) is 32.7 Å². The molecule has 1 rings (SSSR count). The fourth-order valence-electron chi connectivity index (χ4n) is 1.71.